The monoisotopic (exact) mass is 750 g/mol. The van der Waals surface area contributed by atoms with Crippen LogP contribution < -0.4 is 5.32 Å². The molecule has 0 rings (SSSR count). The van der Waals surface area contributed by atoms with Gasteiger partial charge in [0.2, 0.25) is 5.91 Å². The number of amides is 1. The smallest absolute Gasteiger partial charge is 0.306 e. The van der Waals surface area contributed by atoms with Crippen molar-refractivity contribution in [3.05, 3.63) is 12.2 Å². The molecule has 0 saturated carbocycles. The number of carbonyl (C=O) groups is 2. The Morgan fingerprint density at radius 1 is 0.528 bits per heavy atom. The third-order valence-electron chi connectivity index (χ3n) is 10.8. The van der Waals surface area contributed by atoms with Crippen molar-refractivity contribution in [1.82, 2.24) is 5.32 Å². The molecule has 0 saturated heterocycles. The van der Waals surface area contributed by atoms with Crippen LogP contribution in [0.2, 0.25) is 0 Å². The maximum atomic E-state index is 13.1. The van der Waals surface area contributed by atoms with Crippen molar-refractivity contribution in [2.24, 2.45) is 0 Å². The van der Waals surface area contributed by atoms with E-state index in [-0.39, 0.29) is 24.9 Å². The third-order valence-corrected chi connectivity index (χ3v) is 10.8. The van der Waals surface area contributed by atoms with Crippen LogP contribution in [-0.2, 0) is 14.3 Å². The Balaban J connectivity index is 4.57. The normalized spacial score (nSPS) is 13.4. The van der Waals surface area contributed by atoms with Gasteiger partial charge in [-0.1, -0.05) is 200 Å². The molecule has 0 heterocycles. The van der Waals surface area contributed by atoms with E-state index >= 15 is 0 Å². The molecule has 0 fully saturated rings. The Bertz CT molecular complexity index is 802. The van der Waals surface area contributed by atoms with Gasteiger partial charge in [0, 0.05) is 6.42 Å². The van der Waals surface area contributed by atoms with Crippen molar-refractivity contribution >= 4 is 11.9 Å². The van der Waals surface area contributed by atoms with Gasteiger partial charge in [-0.2, -0.15) is 0 Å². The highest BCUT2D eigenvalue weighted by Gasteiger charge is 2.24. The van der Waals surface area contributed by atoms with Crippen molar-refractivity contribution in [1.29, 1.82) is 0 Å². The van der Waals surface area contributed by atoms with Crippen LogP contribution in [0.1, 0.15) is 252 Å². The van der Waals surface area contributed by atoms with Crippen LogP contribution in [0.3, 0.4) is 0 Å². The third kappa shape index (κ3) is 37.3. The highest BCUT2D eigenvalue weighted by atomic mass is 16.5. The average Bonchev–Trinajstić information content (AvgIpc) is 3.15. The Kier molecular flexibility index (Phi) is 40.7. The van der Waals surface area contributed by atoms with Crippen molar-refractivity contribution in [3.8, 4) is 0 Å². The minimum absolute atomic E-state index is 0.0806. The van der Waals surface area contributed by atoms with Crippen molar-refractivity contribution in [3.63, 3.8) is 0 Å². The van der Waals surface area contributed by atoms with E-state index in [1.54, 1.807) is 0 Å². The molecule has 6 heteroatoms. The summed E-state index contributed by atoms with van der Waals surface area (Å²) in [6.45, 7) is 6.45. The van der Waals surface area contributed by atoms with Crippen LogP contribution in [0.4, 0.5) is 0 Å². The Morgan fingerprint density at radius 2 is 0.906 bits per heavy atom. The molecule has 0 aliphatic rings. The van der Waals surface area contributed by atoms with Gasteiger partial charge in [0.25, 0.3) is 0 Å². The lowest BCUT2D eigenvalue weighted by atomic mass is 10.0. The molecule has 3 unspecified atom stereocenters. The molecular weight excluding hydrogens is 659 g/mol. The van der Waals surface area contributed by atoms with Gasteiger partial charge in [-0.25, -0.2) is 0 Å². The molecular formula is C47H91NO5. The first-order chi connectivity index (χ1) is 26.0. The molecule has 1 amide bonds. The van der Waals surface area contributed by atoms with E-state index in [9.17, 15) is 19.8 Å². The minimum atomic E-state index is -0.780. The van der Waals surface area contributed by atoms with E-state index in [4.69, 9.17) is 4.74 Å². The molecule has 0 aromatic carbocycles. The number of esters is 1. The summed E-state index contributed by atoms with van der Waals surface area (Å²) < 4.78 is 5.90. The average molecular weight is 750 g/mol. The molecule has 0 bridgehead atoms. The highest BCUT2D eigenvalue weighted by Crippen LogP contribution is 2.18. The standard InChI is InChI=1S/C47H91NO5/c1-4-7-10-13-16-19-22-24-26-29-32-35-38-43(53-47(52)40-37-34-31-28-25-23-20-17-14-11-8-5-2)41-46(51)48-44(42-49)45(50)39-36-33-30-27-21-18-15-12-9-6-3/h17,20,43-45,49-50H,4-16,18-19,21-42H2,1-3H3,(H,48,51)/b20-17-. The number of nitrogens with one attached hydrogen (secondary N) is 1. The van der Waals surface area contributed by atoms with E-state index in [0.717, 1.165) is 51.4 Å². The molecule has 314 valence electrons. The van der Waals surface area contributed by atoms with Gasteiger partial charge in [-0.3, -0.25) is 9.59 Å². The number of aliphatic hydroxyl groups excluding tert-OH is 2. The van der Waals surface area contributed by atoms with E-state index in [2.05, 4.69) is 38.2 Å². The zero-order chi connectivity index (χ0) is 38.9. The number of carbonyl (C=O) groups excluding carboxylic acids is 2. The number of hydrogen-bond acceptors (Lipinski definition) is 5. The van der Waals surface area contributed by atoms with Crippen LogP contribution in [0, 0.1) is 0 Å². The molecule has 0 aromatic rings. The second-order valence-corrected chi connectivity index (χ2v) is 16.2. The summed E-state index contributed by atoms with van der Waals surface area (Å²) in [6, 6.07) is -0.694. The number of ether oxygens (including phenoxy) is 1. The lowest BCUT2D eigenvalue weighted by molar-refractivity contribution is -0.151. The Labute approximate surface area is 329 Å². The highest BCUT2D eigenvalue weighted by molar-refractivity contribution is 5.77. The van der Waals surface area contributed by atoms with Gasteiger partial charge in [-0.05, 0) is 51.4 Å². The van der Waals surface area contributed by atoms with Gasteiger partial charge in [0.05, 0.1) is 25.2 Å². The first-order valence-corrected chi connectivity index (χ1v) is 23.4. The largest absolute Gasteiger partial charge is 0.462 e. The number of aliphatic hydroxyl groups is 2. The maximum absolute atomic E-state index is 13.1. The van der Waals surface area contributed by atoms with Crippen LogP contribution in [-0.4, -0.2) is 46.9 Å². The predicted molar refractivity (Wildman–Crippen MR) is 227 cm³/mol. The number of hydrogen-bond donors (Lipinski definition) is 3. The minimum Gasteiger partial charge on any atom is -0.462 e. The van der Waals surface area contributed by atoms with Crippen LogP contribution in [0.25, 0.3) is 0 Å². The van der Waals surface area contributed by atoms with Gasteiger partial charge in [0.15, 0.2) is 0 Å². The van der Waals surface area contributed by atoms with Crippen LogP contribution in [0.5, 0.6) is 0 Å². The fraction of sp³-hybridized carbons (Fsp3) is 0.915. The number of allylic oxidation sites excluding steroid dienone is 2. The SMILES string of the molecule is CCCCC/C=C\CCCCCCCC(=O)OC(CCCCCCCCCCCCCC)CC(=O)NC(CO)C(O)CCCCCCCCCCCC. The second kappa shape index (κ2) is 41.8. The molecule has 6 nitrogen and oxygen atoms in total. The maximum Gasteiger partial charge on any atom is 0.306 e. The van der Waals surface area contributed by atoms with Gasteiger partial charge in [-0.15, -0.1) is 0 Å². The lowest BCUT2D eigenvalue weighted by Crippen LogP contribution is -2.46. The van der Waals surface area contributed by atoms with Gasteiger partial charge < -0.3 is 20.3 Å². The molecule has 0 radical (unpaired) electrons. The molecule has 0 aliphatic heterocycles. The summed E-state index contributed by atoms with van der Waals surface area (Å²) in [4.78, 5) is 26.0. The summed E-state index contributed by atoms with van der Waals surface area (Å²) in [5, 5.41) is 23.6. The van der Waals surface area contributed by atoms with Crippen molar-refractivity contribution < 1.29 is 24.5 Å². The molecule has 3 atom stereocenters. The van der Waals surface area contributed by atoms with E-state index in [1.807, 2.05) is 0 Å². The summed E-state index contributed by atoms with van der Waals surface area (Å²) in [6.07, 6.45) is 44.1. The van der Waals surface area contributed by atoms with Gasteiger partial charge >= 0.3 is 5.97 Å². The summed E-state index contributed by atoms with van der Waals surface area (Å²) in [7, 11) is 0. The molecule has 0 aromatic heterocycles. The fourth-order valence-corrected chi connectivity index (χ4v) is 7.25. The summed E-state index contributed by atoms with van der Waals surface area (Å²) in [5.74, 6) is -0.473. The number of unbranched alkanes of at least 4 members (excludes halogenated alkanes) is 28. The summed E-state index contributed by atoms with van der Waals surface area (Å²) >= 11 is 0. The van der Waals surface area contributed by atoms with E-state index in [1.165, 1.54) is 154 Å². The lowest BCUT2D eigenvalue weighted by Gasteiger charge is -2.24. The summed E-state index contributed by atoms with van der Waals surface area (Å²) in [5.41, 5.74) is 0. The Morgan fingerprint density at radius 3 is 1.38 bits per heavy atom. The number of rotatable bonds is 42. The predicted octanol–water partition coefficient (Wildman–Crippen LogP) is 13.4. The van der Waals surface area contributed by atoms with Crippen LogP contribution >= 0.6 is 0 Å². The molecule has 0 aliphatic carbocycles. The fourth-order valence-electron chi connectivity index (χ4n) is 7.25. The molecule has 0 spiro atoms. The molecule has 53 heavy (non-hydrogen) atoms. The second-order valence-electron chi connectivity index (χ2n) is 16.2. The van der Waals surface area contributed by atoms with Crippen molar-refractivity contribution in [2.45, 2.75) is 270 Å². The van der Waals surface area contributed by atoms with E-state index in [0.29, 0.717) is 19.3 Å². The zero-order valence-corrected chi connectivity index (χ0v) is 35.7. The van der Waals surface area contributed by atoms with Gasteiger partial charge in [0.1, 0.15) is 6.10 Å². The van der Waals surface area contributed by atoms with Crippen LogP contribution in [0.15, 0.2) is 12.2 Å². The van der Waals surface area contributed by atoms with E-state index < -0.39 is 18.2 Å². The molecule has 3 N–H and O–H groups in total. The topological polar surface area (TPSA) is 95.9 Å². The first-order valence-electron chi connectivity index (χ1n) is 23.4. The quantitative estimate of drug-likeness (QED) is 0.0328. The first kappa shape index (κ1) is 51.6. The Hall–Kier alpha value is -1.40. The zero-order valence-electron chi connectivity index (χ0n) is 35.7. The van der Waals surface area contributed by atoms with Crippen molar-refractivity contribution in [2.75, 3.05) is 6.61 Å².